The molecule has 0 aliphatic heterocycles. The molecule has 2 aromatic carbocycles. The Morgan fingerprint density at radius 1 is 1.08 bits per heavy atom. The molecule has 0 aliphatic rings. The summed E-state index contributed by atoms with van der Waals surface area (Å²) in [4.78, 5) is 12.3. The molecule has 0 radical (unpaired) electrons. The Morgan fingerprint density at radius 2 is 1.77 bits per heavy atom. The maximum absolute atomic E-state index is 12.3. The predicted octanol–water partition coefficient (Wildman–Crippen LogP) is 4.34. The molecule has 0 bridgehead atoms. The van der Waals surface area contributed by atoms with Crippen molar-refractivity contribution in [2.24, 2.45) is 0 Å². The van der Waals surface area contributed by atoms with Crippen molar-refractivity contribution in [2.45, 2.75) is 23.3 Å². The van der Waals surface area contributed by atoms with Crippen molar-refractivity contribution in [2.75, 3.05) is 5.32 Å². The van der Waals surface area contributed by atoms with E-state index in [1.165, 1.54) is 0 Å². The number of thiocarbonyl (C=S) groups is 1. The monoisotopic (exact) mass is 429 g/mol. The van der Waals surface area contributed by atoms with Gasteiger partial charge in [-0.1, -0.05) is 77.3 Å². The van der Waals surface area contributed by atoms with Crippen LogP contribution in [0.25, 0.3) is 0 Å². The number of carbonyl (C=O) groups excluding carboxylic acids is 1. The second kappa shape index (κ2) is 9.42. The zero-order chi connectivity index (χ0) is 19.2. The third kappa shape index (κ3) is 7.00. The van der Waals surface area contributed by atoms with Crippen LogP contribution in [0.2, 0.25) is 0 Å². The molecule has 2 rings (SSSR count). The second-order valence-corrected chi connectivity index (χ2v) is 8.45. The lowest BCUT2D eigenvalue weighted by atomic mass is 10.1. The summed E-state index contributed by atoms with van der Waals surface area (Å²) in [6.45, 7) is 1.97. The number of alkyl halides is 3. The molecule has 0 aromatic heterocycles. The fourth-order valence-corrected chi connectivity index (χ4v) is 2.78. The van der Waals surface area contributed by atoms with E-state index in [2.05, 4.69) is 16.0 Å². The fraction of sp³-hybridized carbons (Fsp3) is 0.222. The van der Waals surface area contributed by atoms with Crippen molar-refractivity contribution < 1.29 is 4.79 Å². The van der Waals surface area contributed by atoms with E-state index in [1.807, 2.05) is 61.5 Å². The summed E-state index contributed by atoms with van der Waals surface area (Å²) in [5.74, 6) is -0.293. The third-order valence-electron chi connectivity index (χ3n) is 3.39. The van der Waals surface area contributed by atoms with E-state index in [4.69, 9.17) is 47.0 Å². The lowest BCUT2D eigenvalue weighted by molar-refractivity contribution is -0.121. The Kier molecular flexibility index (Phi) is 7.53. The van der Waals surface area contributed by atoms with E-state index >= 15 is 0 Å². The first-order valence-corrected chi connectivity index (χ1v) is 9.32. The van der Waals surface area contributed by atoms with E-state index in [0.29, 0.717) is 0 Å². The highest BCUT2D eigenvalue weighted by Crippen LogP contribution is 2.29. The minimum absolute atomic E-state index is 0.165. The van der Waals surface area contributed by atoms with Crippen LogP contribution in [-0.2, 0) is 11.2 Å². The Balaban J connectivity index is 1.98. The lowest BCUT2D eigenvalue weighted by Gasteiger charge is -2.27. The molecular formula is C18H18Cl3N3OS. The molecule has 26 heavy (non-hydrogen) atoms. The summed E-state index contributed by atoms with van der Waals surface area (Å²) in [5, 5.41) is 8.72. The molecule has 3 N–H and O–H groups in total. The number of carbonyl (C=O) groups is 1. The van der Waals surface area contributed by atoms with Crippen molar-refractivity contribution >= 4 is 63.7 Å². The van der Waals surface area contributed by atoms with Crippen LogP contribution >= 0.6 is 47.0 Å². The number of rotatable bonds is 5. The number of halogens is 3. The molecule has 0 spiro atoms. The summed E-state index contributed by atoms with van der Waals surface area (Å²) in [7, 11) is 0. The summed E-state index contributed by atoms with van der Waals surface area (Å²) < 4.78 is -1.79. The molecule has 0 aliphatic carbocycles. The molecule has 1 amide bonds. The van der Waals surface area contributed by atoms with Crippen molar-refractivity contribution in [3.8, 4) is 0 Å². The zero-order valence-corrected chi connectivity index (χ0v) is 17.0. The summed E-state index contributed by atoms with van der Waals surface area (Å²) in [6.07, 6.45) is -0.828. The Hall–Kier alpha value is -1.53. The van der Waals surface area contributed by atoms with Crippen LogP contribution in [0.1, 0.15) is 11.1 Å². The molecule has 8 heteroatoms. The van der Waals surface area contributed by atoms with Crippen molar-refractivity contribution in [1.29, 1.82) is 0 Å². The predicted molar refractivity (Wildman–Crippen MR) is 113 cm³/mol. The molecule has 4 nitrogen and oxygen atoms in total. The van der Waals surface area contributed by atoms with Crippen LogP contribution in [0.5, 0.6) is 0 Å². The first kappa shape index (κ1) is 20.8. The normalized spacial score (nSPS) is 12.2. The van der Waals surface area contributed by atoms with Crippen molar-refractivity contribution in [3.63, 3.8) is 0 Å². The number of hydrogen-bond acceptors (Lipinski definition) is 2. The fourth-order valence-electron chi connectivity index (χ4n) is 2.21. The average molecular weight is 431 g/mol. The maximum Gasteiger partial charge on any atom is 0.228 e. The van der Waals surface area contributed by atoms with Gasteiger partial charge in [-0.05, 0) is 42.4 Å². The van der Waals surface area contributed by atoms with Gasteiger partial charge in [-0.2, -0.15) is 0 Å². The van der Waals surface area contributed by atoms with Crippen LogP contribution in [0.3, 0.4) is 0 Å². The number of anilines is 1. The SMILES string of the molecule is Cc1cccc(NC(=S)N[C@H](NC(=O)Cc2ccccc2)C(Cl)(Cl)Cl)c1. The maximum atomic E-state index is 12.3. The zero-order valence-electron chi connectivity index (χ0n) is 13.9. The van der Waals surface area contributed by atoms with Gasteiger partial charge in [0.05, 0.1) is 6.42 Å². The topological polar surface area (TPSA) is 53.2 Å². The lowest BCUT2D eigenvalue weighted by Crippen LogP contribution is -2.56. The molecule has 0 heterocycles. The van der Waals surface area contributed by atoms with Gasteiger partial charge in [-0.3, -0.25) is 4.79 Å². The van der Waals surface area contributed by atoms with E-state index in [-0.39, 0.29) is 17.4 Å². The van der Waals surface area contributed by atoms with Gasteiger partial charge in [0.15, 0.2) is 5.11 Å². The minimum atomic E-state index is -1.79. The highest BCUT2D eigenvalue weighted by molar-refractivity contribution is 7.80. The quantitative estimate of drug-likeness (QED) is 0.375. The number of aryl methyl sites for hydroxylation is 1. The number of amides is 1. The van der Waals surface area contributed by atoms with Gasteiger partial charge >= 0.3 is 0 Å². The molecule has 2 aromatic rings. The van der Waals surface area contributed by atoms with Gasteiger partial charge in [-0.15, -0.1) is 0 Å². The van der Waals surface area contributed by atoms with Gasteiger partial charge < -0.3 is 16.0 Å². The largest absolute Gasteiger partial charge is 0.339 e. The highest BCUT2D eigenvalue weighted by atomic mass is 35.6. The number of hydrogen-bond donors (Lipinski definition) is 3. The van der Waals surface area contributed by atoms with E-state index in [0.717, 1.165) is 16.8 Å². The Morgan fingerprint density at radius 3 is 2.38 bits per heavy atom. The van der Waals surface area contributed by atoms with Crippen LogP contribution in [0, 0.1) is 6.92 Å². The van der Waals surface area contributed by atoms with Gasteiger partial charge in [0.25, 0.3) is 0 Å². The average Bonchev–Trinajstić information content (AvgIpc) is 2.54. The summed E-state index contributed by atoms with van der Waals surface area (Å²) >= 11 is 23.2. The highest BCUT2D eigenvalue weighted by Gasteiger charge is 2.34. The van der Waals surface area contributed by atoms with Crippen molar-refractivity contribution in [1.82, 2.24) is 10.6 Å². The number of benzene rings is 2. The van der Waals surface area contributed by atoms with Crippen LogP contribution < -0.4 is 16.0 Å². The van der Waals surface area contributed by atoms with Gasteiger partial charge in [-0.25, -0.2) is 0 Å². The molecule has 0 unspecified atom stereocenters. The van der Waals surface area contributed by atoms with Crippen LogP contribution in [0.4, 0.5) is 5.69 Å². The van der Waals surface area contributed by atoms with Gasteiger partial charge in [0.1, 0.15) is 6.17 Å². The van der Waals surface area contributed by atoms with Crippen LogP contribution in [0.15, 0.2) is 54.6 Å². The van der Waals surface area contributed by atoms with E-state index < -0.39 is 9.96 Å². The Labute approximate surface area is 173 Å². The standard InChI is InChI=1S/C18H18Cl3N3OS/c1-12-6-5-9-14(10-12)22-17(26)24-16(18(19,20)21)23-15(25)11-13-7-3-2-4-8-13/h2-10,16H,11H2,1H3,(H,23,25)(H2,22,24,26)/t16-/m0/s1. The smallest absolute Gasteiger partial charge is 0.228 e. The second-order valence-electron chi connectivity index (χ2n) is 5.67. The molecule has 138 valence electrons. The van der Waals surface area contributed by atoms with E-state index in [9.17, 15) is 4.79 Å². The van der Waals surface area contributed by atoms with Crippen LogP contribution in [-0.4, -0.2) is 21.0 Å². The van der Waals surface area contributed by atoms with Gasteiger partial charge in [0, 0.05) is 5.69 Å². The molecular weight excluding hydrogens is 413 g/mol. The molecule has 1 atom stereocenters. The molecule has 0 saturated heterocycles. The molecule has 0 saturated carbocycles. The molecule has 0 fully saturated rings. The minimum Gasteiger partial charge on any atom is -0.339 e. The van der Waals surface area contributed by atoms with E-state index in [1.54, 1.807) is 0 Å². The number of nitrogens with one attached hydrogen (secondary N) is 3. The van der Waals surface area contributed by atoms with Crippen molar-refractivity contribution in [3.05, 3.63) is 65.7 Å². The first-order chi connectivity index (χ1) is 12.2. The Bertz CT molecular complexity index is 766. The summed E-state index contributed by atoms with van der Waals surface area (Å²) in [5.41, 5.74) is 2.72. The summed E-state index contributed by atoms with van der Waals surface area (Å²) in [6, 6.07) is 16.9. The third-order valence-corrected chi connectivity index (χ3v) is 4.27. The van der Waals surface area contributed by atoms with Gasteiger partial charge in [0.2, 0.25) is 9.70 Å². The first-order valence-electron chi connectivity index (χ1n) is 7.78.